The van der Waals surface area contributed by atoms with Crippen LogP contribution in [0.25, 0.3) is 0 Å². The predicted molar refractivity (Wildman–Crippen MR) is 137 cm³/mol. The Morgan fingerprint density at radius 3 is 2.51 bits per heavy atom. The Labute approximate surface area is 227 Å². The fraction of sp³-hybridized carbons (Fsp3) is 0.643. The summed E-state index contributed by atoms with van der Waals surface area (Å²) in [5.41, 5.74) is -1.50. The van der Waals surface area contributed by atoms with Gasteiger partial charge in [-0.15, -0.1) is 0 Å². The zero-order valence-electron chi connectivity index (χ0n) is 22.6. The maximum atomic E-state index is 14.3. The fourth-order valence-corrected chi connectivity index (χ4v) is 5.33. The van der Waals surface area contributed by atoms with Crippen molar-refractivity contribution < 1.29 is 37.4 Å². The summed E-state index contributed by atoms with van der Waals surface area (Å²) in [6.07, 6.45) is -0.169. The highest BCUT2D eigenvalue weighted by atomic mass is 19.3. The molecule has 1 aromatic carbocycles. The van der Waals surface area contributed by atoms with Crippen molar-refractivity contribution >= 4 is 23.7 Å². The molecule has 0 radical (unpaired) electrons. The van der Waals surface area contributed by atoms with Crippen molar-refractivity contribution in [2.45, 2.75) is 83.1 Å². The average Bonchev–Trinajstić information content (AvgIpc) is 3.18. The monoisotopic (exact) mass is 549 g/mol. The Morgan fingerprint density at radius 1 is 1.21 bits per heavy atom. The van der Waals surface area contributed by atoms with E-state index in [1.165, 1.54) is 0 Å². The summed E-state index contributed by atoms with van der Waals surface area (Å²) in [7, 11) is 0. The quantitative estimate of drug-likeness (QED) is 0.489. The molecular weight excluding hydrogens is 512 g/mol. The first kappa shape index (κ1) is 28.9. The Balaban J connectivity index is 1.47. The van der Waals surface area contributed by atoms with E-state index in [2.05, 4.69) is 10.6 Å². The first-order chi connectivity index (χ1) is 18.3. The first-order valence-corrected chi connectivity index (χ1v) is 13.4. The van der Waals surface area contributed by atoms with Gasteiger partial charge in [-0.2, -0.15) is 0 Å². The van der Waals surface area contributed by atoms with Gasteiger partial charge in [0.2, 0.25) is 11.8 Å². The number of ketones is 1. The summed E-state index contributed by atoms with van der Waals surface area (Å²) in [6, 6.07) is 6.95. The molecule has 2 N–H and O–H groups in total. The Morgan fingerprint density at radius 2 is 1.90 bits per heavy atom. The number of hydrogen-bond donors (Lipinski definition) is 2. The van der Waals surface area contributed by atoms with Crippen molar-refractivity contribution in [3.8, 4) is 0 Å². The predicted octanol–water partition coefficient (Wildman–Crippen LogP) is 3.21. The summed E-state index contributed by atoms with van der Waals surface area (Å²) >= 11 is 0. The number of rotatable bonds is 9. The fourth-order valence-electron chi connectivity index (χ4n) is 5.33. The van der Waals surface area contributed by atoms with Gasteiger partial charge in [-0.05, 0) is 52.0 Å². The molecule has 1 aromatic rings. The van der Waals surface area contributed by atoms with Crippen molar-refractivity contribution in [3.63, 3.8) is 0 Å². The van der Waals surface area contributed by atoms with Crippen LogP contribution >= 0.6 is 0 Å². The number of likely N-dealkylation sites (tertiary alicyclic amines) is 1. The molecule has 1 aliphatic carbocycles. The molecule has 2 aliphatic heterocycles. The second-order valence-electron chi connectivity index (χ2n) is 11.9. The Hall–Kier alpha value is -3.08. The van der Waals surface area contributed by atoms with Crippen LogP contribution in [0.15, 0.2) is 30.3 Å². The van der Waals surface area contributed by atoms with E-state index in [4.69, 9.17) is 9.47 Å². The highest BCUT2D eigenvalue weighted by molar-refractivity contribution is 5.93. The van der Waals surface area contributed by atoms with Gasteiger partial charge in [0.15, 0.2) is 5.78 Å². The lowest BCUT2D eigenvalue weighted by molar-refractivity contribution is -0.134. The molecular formula is C28H37F2N3O6. The van der Waals surface area contributed by atoms with E-state index in [1.54, 1.807) is 20.8 Å². The van der Waals surface area contributed by atoms with Gasteiger partial charge >= 0.3 is 6.09 Å². The smallest absolute Gasteiger partial charge is 0.410 e. The van der Waals surface area contributed by atoms with Gasteiger partial charge in [0.25, 0.3) is 5.92 Å². The Bertz CT molecular complexity index is 1090. The van der Waals surface area contributed by atoms with E-state index in [-0.39, 0.29) is 38.5 Å². The number of carbonyl (C=O) groups excluding carboxylic acids is 4. The van der Waals surface area contributed by atoms with Crippen molar-refractivity contribution in [1.29, 1.82) is 0 Å². The normalized spacial score (nSPS) is 26.6. The average molecular weight is 550 g/mol. The number of alkyl halides is 2. The zero-order chi connectivity index (χ0) is 28.4. The maximum Gasteiger partial charge on any atom is 0.410 e. The lowest BCUT2D eigenvalue weighted by Crippen LogP contribution is -2.53. The molecule has 4 rings (SSSR count). The number of benzene rings is 1. The van der Waals surface area contributed by atoms with E-state index in [0.717, 1.165) is 16.9 Å². The highest BCUT2D eigenvalue weighted by Gasteiger charge is 2.75. The third kappa shape index (κ3) is 6.93. The molecule has 4 atom stereocenters. The Kier molecular flexibility index (Phi) is 8.30. The summed E-state index contributed by atoms with van der Waals surface area (Å²) < 4.78 is 39.6. The summed E-state index contributed by atoms with van der Waals surface area (Å²) in [5.74, 6) is -4.84. The van der Waals surface area contributed by atoms with Gasteiger partial charge in [0.05, 0.1) is 18.1 Å². The van der Waals surface area contributed by atoms with Gasteiger partial charge < -0.3 is 20.1 Å². The molecule has 1 spiro atoms. The molecule has 11 heteroatoms. The highest BCUT2D eigenvalue weighted by Crippen LogP contribution is 2.66. The van der Waals surface area contributed by atoms with E-state index in [9.17, 15) is 28.0 Å². The second kappa shape index (κ2) is 11.2. The van der Waals surface area contributed by atoms with Crippen LogP contribution in [0.2, 0.25) is 0 Å². The first-order valence-electron chi connectivity index (χ1n) is 13.4. The second-order valence-corrected chi connectivity index (χ2v) is 11.9. The van der Waals surface area contributed by atoms with Crippen molar-refractivity contribution in [1.82, 2.24) is 15.5 Å². The van der Waals surface area contributed by atoms with Crippen molar-refractivity contribution in [2.75, 3.05) is 19.7 Å². The van der Waals surface area contributed by atoms with Crippen molar-refractivity contribution in [2.24, 2.45) is 11.3 Å². The van der Waals surface area contributed by atoms with Gasteiger partial charge in [0.1, 0.15) is 18.2 Å². The lowest BCUT2D eigenvalue weighted by Gasteiger charge is -2.30. The number of Topliss-reactive ketones (excluding diaryl/α,β-unsaturated/α-hetero) is 1. The summed E-state index contributed by atoms with van der Waals surface area (Å²) in [6.45, 7) is 5.06. The third-order valence-electron chi connectivity index (χ3n) is 7.56. The molecule has 1 saturated carbocycles. The largest absolute Gasteiger partial charge is 0.444 e. The van der Waals surface area contributed by atoms with E-state index >= 15 is 0 Å². The van der Waals surface area contributed by atoms with Gasteiger partial charge in [-0.3, -0.25) is 19.3 Å². The minimum absolute atomic E-state index is 0.0472. The number of ether oxygens (including phenoxy) is 2. The molecule has 3 fully saturated rings. The molecule has 2 heterocycles. The third-order valence-corrected chi connectivity index (χ3v) is 7.56. The SMILES string of the molecule is CC(C)(C)OC(=O)N1C[C@]2(C[C@H]1C(=O)N[C@@H](C[C@@H]1CCCNC1=O)C(=O)COCc1ccccc1)CC2(F)F. The molecule has 0 bridgehead atoms. The molecule has 0 aromatic heterocycles. The zero-order valence-corrected chi connectivity index (χ0v) is 22.6. The molecule has 3 amide bonds. The number of carbonyl (C=O) groups is 4. The van der Waals surface area contributed by atoms with Crippen LogP contribution in [0.4, 0.5) is 13.6 Å². The standard InChI is InChI=1S/C28H37F2N3O6/c1-26(2,3)39-25(37)33-17-27(16-28(27,29)30)13-21(33)24(36)32-20(12-19-10-7-11-31-23(19)35)22(34)15-38-14-18-8-5-4-6-9-18/h4-6,8-9,19-21H,7,10-17H2,1-3H3,(H,31,35)(H,32,36)/t19-,20-,21-,27-/m0/s1. The van der Waals surface area contributed by atoms with Crippen LogP contribution in [0.1, 0.15) is 58.4 Å². The van der Waals surface area contributed by atoms with Gasteiger partial charge in [0, 0.05) is 25.4 Å². The summed E-state index contributed by atoms with van der Waals surface area (Å²) in [5, 5.41) is 5.45. The topological polar surface area (TPSA) is 114 Å². The molecule has 3 aliphatic rings. The van der Waals surface area contributed by atoms with E-state index < -0.39 is 59.1 Å². The van der Waals surface area contributed by atoms with Gasteiger partial charge in [-0.25, -0.2) is 13.6 Å². The number of nitrogens with zero attached hydrogens (tertiary/aromatic N) is 1. The molecule has 39 heavy (non-hydrogen) atoms. The van der Waals surface area contributed by atoms with Crippen molar-refractivity contribution in [3.05, 3.63) is 35.9 Å². The van der Waals surface area contributed by atoms with Gasteiger partial charge in [-0.1, -0.05) is 30.3 Å². The summed E-state index contributed by atoms with van der Waals surface area (Å²) in [4.78, 5) is 53.1. The number of amides is 3. The van der Waals surface area contributed by atoms with Crippen LogP contribution in [0, 0.1) is 11.3 Å². The molecule has 9 nitrogen and oxygen atoms in total. The number of hydrogen-bond acceptors (Lipinski definition) is 6. The number of nitrogens with one attached hydrogen (secondary N) is 2. The van der Waals surface area contributed by atoms with Crippen LogP contribution in [-0.2, 0) is 30.5 Å². The van der Waals surface area contributed by atoms with Crippen LogP contribution in [-0.4, -0.2) is 71.9 Å². The molecule has 214 valence electrons. The number of halogens is 2. The van der Waals surface area contributed by atoms with E-state index in [0.29, 0.717) is 13.0 Å². The van der Waals surface area contributed by atoms with Crippen LogP contribution < -0.4 is 10.6 Å². The van der Waals surface area contributed by atoms with Crippen LogP contribution in [0.5, 0.6) is 0 Å². The maximum absolute atomic E-state index is 14.3. The lowest BCUT2D eigenvalue weighted by atomic mass is 9.90. The minimum atomic E-state index is -2.98. The van der Waals surface area contributed by atoms with Crippen LogP contribution in [0.3, 0.4) is 0 Å². The number of piperidine rings is 1. The van der Waals surface area contributed by atoms with E-state index in [1.807, 2.05) is 30.3 Å². The molecule has 0 unspecified atom stereocenters. The minimum Gasteiger partial charge on any atom is -0.444 e. The molecule has 2 saturated heterocycles.